The Bertz CT molecular complexity index is 234. The molecular formula is C12H25N3O. The molecule has 1 aliphatic rings. The summed E-state index contributed by atoms with van der Waals surface area (Å²) in [4.78, 5) is 14.0. The van der Waals surface area contributed by atoms with E-state index in [0.29, 0.717) is 5.92 Å². The number of hydrogen-bond donors (Lipinski definition) is 2. The second-order valence-electron chi connectivity index (χ2n) is 5.33. The van der Waals surface area contributed by atoms with E-state index in [1.807, 2.05) is 6.92 Å². The minimum Gasteiger partial charge on any atom is -0.368 e. The van der Waals surface area contributed by atoms with Crippen molar-refractivity contribution in [3.63, 3.8) is 0 Å². The van der Waals surface area contributed by atoms with Crippen LogP contribution in [0.1, 0.15) is 33.6 Å². The van der Waals surface area contributed by atoms with Gasteiger partial charge in [-0.3, -0.25) is 9.69 Å². The van der Waals surface area contributed by atoms with Crippen molar-refractivity contribution in [2.75, 3.05) is 26.2 Å². The van der Waals surface area contributed by atoms with Crippen molar-refractivity contribution in [1.82, 2.24) is 10.2 Å². The summed E-state index contributed by atoms with van der Waals surface area (Å²) in [6, 6.07) is 0. The molecule has 0 aromatic carbocycles. The molecule has 1 aliphatic heterocycles. The minimum absolute atomic E-state index is 0.192. The summed E-state index contributed by atoms with van der Waals surface area (Å²) in [5, 5.41) is 3.35. The third-order valence-electron chi connectivity index (χ3n) is 3.37. The van der Waals surface area contributed by atoms with Gasteiger partial charge in [0.25, 0.3) is 0 Å². The van der Waals surface area contributed by atoms with Gasteiger partial charge in [0.2, 0.25) is 5.91 Å². The molecule has 1 heterocycles. The van der Waals surface area contributed by atoms with E-state index < -0.39 is 5.54 Å². The van der Waals surface area contributed by atoms with Crippen molar-refractivity contribution in [3.8, 4) is 0 Å². The van der Waals surface area contributed by atoms with Crippen LogP contribution in [0.2, 0.25) is 0 Å². The molecule has 16 heavy (non-hydrogen) atoms. The van der Waals surface area contributed by atoms with Crippen molar-refractivity contribution < 1.29 is 4.79 Å². The molecule has 1 atom stereocenters. The van der Waals surface area contributed by atoms with Crippen molar-refractivity contribution in [2.45, 2.75) is 39.2 Å². The van der Waals surface area contributed by atoms with Gasteiger partial charge in [-0.1, -0.05) is 13.8 Å². The third kappa shape index (κ3) is 3.19. The number of nitrogens with two attached hydrogens (primary N) is 1. The van der Waals surface area contributed by atoms with Crippen molar-refractivity contribution in [1.29, 1.82) is 0 Å². The first-order chi connectivity index (χ1) is 7.47. The van der Waals surface area contributed by atoms with Gasteiger partial charge in [0.15, 0.2) is 0 Å². The Balaban J connectivity index is 2.77. The highest BCUT2D eigenvalue weighted by atomic mass is 16.1. The number of nitrogens with one attached hydrogen (secondary N) is 1. The third-order valence-corrected chi connectivity index (χ3v) is 3.37. The number of carbonyl (C=O) groups is 1. The van der Waals surface area contributed by atoms with Crippen LogP contribution in [0.3, 0.4) is 0 Å². The number of primary amides is 1. The zero-order valence-corrected chi connectivity index (χ0v) is 10.8. The van der Waals surface area contributed by atoms with Crippen molar-refractivity contribution in [3.05, 3.63) is 0 Å². The Hall–Kier alpha value is -0.610. The molecule has 4 nitrogen and oxygen atoms in total. The molecule has 0 spiro atoms. The molecule has 3 N–H and O–H groups in total. The molecule has 0 aliphatic carbocycles. The first kappa shape index (κ1) is 13.5. The maximum absolute atomic E-state index is 11.7. The zero-order chi connectivity index (χ0) is 12.2. The van der Waals surface area contributed by atoms with E-state index in [1.54, 1.807) is 0 Å². The molecular weight excluding hydrogens is 202 g/mol. The fraction of sp³-hybridized carbons (Fsp3) is 0.917. The smallest absolute Gasteiger partial charge is 0.237 e. The van der Waals surface area contributed by atoms with Crippen LogP contribution in [0, 0.1) is 5.92 Å². The lowest BCUT2D eigenvalue weighted by Gasteiger charge is -2.39. The van der Waals surface area contributed by atoms with Crippen LogP contribution in [-0.4, -0.2) is 42.5 Å². The van der Waals surface area contributed by atoms with Crippen LogP contribution in [0.5, 0.6) is 0 Å². The molecule has 4 heteroatoms. The number of hydrogen-bond acceptors (Lipinski definition) is 3. The molecule has 0 bridgehead atoms. The first-order valence-electron chi connectivity index (χ1n) is 6.22. The summed E-state index contributed by atoms with van der Waals surface area (Å²) in [5.41, 5.74) is 5.11. The molecule has 1 amide bonds. The lowest BCUT2D eigenvalue weighted by molar-refractivity contribution is -0.130. The molecule has 0 aromatic rings. The monoisotopic (exact) mass is 227 g/mol. The summed E-state index contributed by atoms with van der Waals surface area (Å²) in [6.07, 6.45) is 1.92. The Kier molecular flexibility index (Phi) is 4.74. The van der Waals surface area contributed by atoms with E-state index in [2.05, 4.69) is 24.1 Å². The molecule has 1 saturated heterocycles. The Labute approximate surface area is 98.6 Å². The maximum Gasteiger partial charge on any atom is 0.237 e. The Morgan fingerprint density at radius 3 is 2.69 bits per heavy atom. The average molecular weight is 227 g/mol. The molecule has 0 aromatic heterocycles. The van der Waals surface area contributed by atoms with Crippen LogP contribution in [0.4, 0.5) is 0 Å². The van der Waals surface area contributed by atoms with Gasteiger partial charge in [-0.05, 0) is 32.2 Å². The molecule has 1 unspecified atom stereocenters. The Morgan fingerprint density at radius 2 is 2.12 bits per heavy atom. The van der Waals surface area contributed by atoms with Gasteiger partial charge in [-0.25, -0.2) is 0 Å². The fourth-order valence-corrected chi connectivity index (χ4v) is 2.52. The second kappa shape index (κ2) is 5.64. The number of rotatable bonds is 4. The first-order valence-corrected chi connectivity index (χ1v) is 6.22. The Morgan fingerprint density at radius 1 is 1.44 bits per heavy atom. The van der Waals surface area contributed by atoms with E-state index in [-0.39, 0.29) is 5.91 Å². The van der Waals surface area contributed by atoms with E-state index >= 15 is 0 Å². The quantitative estimate of drug-likeness (QED) is 0.738. The topological polar surface area (TPSA) is 58.4 Å². The summed E-state index contributed by atoms with van der Waals surface area (Å²) in [6.45, 7) is 10.1. The van der Waals surface area contributed by atoms with E-state index in [4.69, 9.17) is 5.73 Å². The summed E-state index contributed by atoms with van der Waals surface area (Å²) in [7, 11) is 0. The van der Waals surface area contributed by atoms with Crippen LogP contribution in [0.15, 0.2) is 0 Å². The molecule has 0 radical (unpaired) electrons. The average Bonchev–Trinajstić information content (AvgIpc) is 2.44. The highest BCUT2D eigenvalue weighted by Gasteiger charge is 2.38. The standard InChI is InChI=1S/C12H25N3O/c1-10(2)9-12(3,11(13)16)15-7-4-5-14-6-8-15/h10,14H,4-9H2,1-3H3,(H2,13,16). The summed E-state index contributed by atoms with van der Waals surface area (Å²) < 4.78 is 0. The number of nitrogens with zero attached hydrogens (tertiary/aromatic N) is 1. The molecule has 1 fully saturated rings. The van der Waals surface area contributed by atoms with Crippen LogP contribution in [-0.2, 0) is 4.79 Å². The lowest BCUT2D eigenvalue weighted by Crippen LogP contribution is -2.57. The van der Waals surface area contributed by atoms with Gasteiger partial charge >= 0.3 is 0 Å². The van der Waals surface area contributed by atoms with Crippen molar-refractivity contribution in [2.24, 2.45) is 11.7 Å². The van der Waals surface area contributed by atoms with Gasteiger partial charge in [0.05, 0.1) is 5.54 Å². The SMILES string of the molecule is CC(C)CC(C)(C(N)=O)N1CCCNCC1. The lowest BCUT2D eigenvalue weighted by atomic mass is 9.88. The fourth-order valence-electron chi connectivity index (χ4n) is 2.52. The highest BCUT2D eigenvalue weighted by Crippen LogP contribution is 2.24. The summed E-state index contributed by atoms with van der Waals surface area (Å²) in [5.74, 6) is 0.289. The molecule has 1 rings (SSSR count). The van der Waals surface area contributed by atoms with Gasteiger partial charge in [-0.2, -0.15) is 0 Å². The molecule has 94 valence electrons. The predicted octanol–water partition coefficient (Wildman–Crippen LogP) is 0.572. The maximum atomic E-state index is 11.7. The van der Waals surface area contributed by atoms with Gasteiger partial charge < -0.3 is 11.1 Å². The van der Waals surface area contributed by atoms with E-state index in [1.165, 1.54) is 0 Å². The number of carbonyl (C=O) groups excluding carboxylic acids is 1. The van der Waals surface area contributed by atoms with Gasteiger partial charge in [0, 0.05) is 19.6 Å². The van der Waals surface area contributed by atoms with Crippen LogP contribution < -0.4 is 11.1 Å². The largest absolute Gasteiger partial charge is 0.368 e. The molecule has 0 saturated carbocycles. The van der Waals surface area contributed by atoms with E-state index in [9.17, 15) is 4.79 Å². The van der Waals surface area contributed by atoms with Crippen molar-refractivity contribution >= 4 is 5.91 Å². The summed E-state index contributed by atoms with van der Waals surface area (Å²) >= 11 is 0. The highest BCUT2D eigenvalue weighted by molar-refractivity contribution is 5.84. The number of amides is 1. The van der Waals surface area contributed by atoms with E-state index in [0.717, 1.165) is 39.0 Å². The zero-order valence-electron chi connectivity index (χ0n) is 10.8. The normalized spacial score (nSPS) is 22.8. The van der Waals surface area contributed by atoms with Crippen LogP contribution >= 0.6 is 0 Å². The van der Waals surface area contributed by atoms with Gasteiger partial charge in [-0.15, -0.1) is 0 Å². The van der Waals surface area contributed by atoms with Gasteiger partial charge in [0.1, 0.15) is 0 Å². The van der Waals surface area contributed by atoms with Crippen LogP contribution in [0.25, 0.3) is 0 Å². The minimum atomic E-state index is -0.486. The second-order valence-corrected chi connectivity index (χ2v) is 5.33. The predicted molar refractivity (Wildman–Crippen MR) is 66.1 cm³/mol.